The van der Waals surface area contributed by atoms with Gasteiger partial charge in [-0.1, -0.05) is 6.08 Å². The normalized spacial score (nSPS) is 46.9. The molecule has 0 aromatic carbocycles. The molecule has 0 spiro atoms. The van der Waals surface area contributed by atoms with E-state index >= 15 is 0 Å². The summed E-state index contributed by atoms with van der Waals surface area (Å²) in [5.74, 6) is -1.51. The van der Waals surface area contributed by atoms with Crippen LogP contribution in [0.1, 0.15) is 33.6 Å². The molecule has 7 atom stereocenters. The van der Waals surface area contributed by atoms with E-state index in [0.29, 0.717) is 12.8 Å². The van der Waals surface area contributed by atoms with E-state index < -0.39 is 54.3 Å². The maximum Gasteiger partial charge on any atom is 0.200 e. The van der Waals surface area contributed by atoms with Crippen LogP contribution in [0.2, 0.25) is 0 Å². The third kappa shape index (κ3) is 3.38. The summed E-state index contributed by atoms with van der Waals surface area (Å²) in [6.45, 7) is 7.97. The van der Waals surface area contributed by atoms with Gasteiger partial charge >= 0.3 is 0 Å². The Balaban J connectivity index is 2.26. The van der Waals surface area contributed by atoms with E-state index in [1.807, 2.05) is 0 Å². The van der Waals surface area contributed by atoms with Crippen molar-refractivity contribution in [3.63, 3.8) is 0 Å². The van der Waals surface area contributed by atoms with E-state index in [9.17, 15) is 25.5 Å². The van der Waals surface area contributed by atoms with Gasteiger partial charge in [-0.25, -0.2) is 0 Å². The molecule has 2 aliphatic rings. The van der Waals surface area contributed by atoms with Gasteiger partial charge in [0.2, 0.25) is 5.79 Å². The average Bonchev–Trinajstić information content (AvgIpc) is 2.87. The lowest BCUT2D eigenvalue weighted by Crippen LogP contribution is -2.63. The van der Waals surface area contributed by atoms with E-state index in [1.165, 1.54) is 13.8 Å². The molecule has 5 N–H and O–H groups in total. The van der Waals surface area contributed by atoms with E-state index in [1.54, 1.807) is 13.0 Å². The summed E-state index contributed by atoms with van der Waals surface area (Å²) in [6.07, 6.45) is -4.67. The fourth-order valence-electron chi connectivity index (χ4n) is 3.05. The SMILES string of the molecule is C=C[C@]1(C)CC[C@](O[C@@H]2O[C@H](CO)[C@H](O)[C@H](O)[C@H]2O)(C(C)(C)O)O1. The summed E-state index contributed by atoms with van der Waals surface area (Å²) >= 11 is 0. The van der Waals surface area contributed by atoms with Crippen LogP contribution in [0.4, 0.5) is 0 Å². The summed E-state index contributed by atoms with van der Waals surface area (Å²) in [5.41, 5.74) is -2.18. The van der Waals surface area contributed by atoms with Gasteiger partial charge in [-0.15, -0.1) is 6.58 Å². The van der Waals surface area contributed by atoms with Crippen molar-refractivity contribution in [3.8, 4) is 0 Å². The molecule has 0 aromatic rings. The highest BCUT2D eigenvalue weighted by Gasteiger charge is 2.58. The van der Waals surface area contributed by atoms with Crippen molar-refractivity contribution in [2.45, 2.75) is 81.3 Å². The number of hydrogen-bond donors (Lipinski definition) is 5. The largest absolute Gasteiger partial charge is 0.394 e. The monoisotopic (exact) mass is 348 g/mol. The smallest absolute Gasteiger partial charge is 0.200 e. The third-order valence-corrected chi connectivity index (χ3v) is 4.87. The molecule has 2 saturated heterocycles. The average molecular weight is 348 g/mol. The summed E-state index contributed by atoms with van der Waals surface area (Å²) in [6, 6.07) is 0. The maximum atomic E-state index is 10.6. The van der Waals surface area contributed by atoms with Gasteiger partial charge in [-0.05, 0) is 27.2 Å². The van der Waals surface area contributed by atoms with Gasteiger partial charge in [0.1, 0.15) is 30.0 Å². The van der Waals surface area contributed by atoms with E-state index in [0.717, 1.165) is 0 Å². The number of rotatable bonds is 5. The zero-order valence-corrected chi connectivity index (χ0v) is 14.3. The topological polar surface area (TPSA) is 129 Å². The second kappa shape index (κ2) is 6.62. The lowest BCUT2D eigenvalue weighted by Gasteiger charge is -2.47. The number of ether oxygens (including phenoxy) is 3. The first-order valence-corrected chi connectivity index (χ1v) is 8.03. The predicted octanol–water partition coefficient (Wildman–Crippen LogP) is -0.975. The van der Waals surface area contributed by atoms with Gasteiger partial charge in [-0.2, -0.15) is 0 Å². The molecule has 2 heterocycles. The van der Waals surface area contributed by atoms with Crippen molar-refractivity contribution < 1.29 is 39.7 Å². The first-order chi connectivity index (χ1) is 11.0. The minimum atomic E-state index is -1.57. The van der Waals surface area contributed by atoms with Crippen LogP contribution in [0.5, 0.6) is 0 Å². The first-order valence-electron chi connectivity index (χ1n) is 8.03. The second-order valence-electron chi connectivity index (χ2n) is 7.25. The zero-order chi connectivity index (χ0) is 18.3. The lowest BCUT2D eigenvalue weighted by molar-refractivity contribution is -0.399. The Kier molecular flexibility index (Phi) is 5.44. The first kappa shape index (κ1) is 19.7. The minimum absolute atomic E-state index is 0.300. The predicted molar refractivity (Wildman–Crippen MR) is 82.8 cm³/mol. The van der Waals surface area contributed by atoms with Gasteiger partial charge in [-0.3, -0.25) is 0 Å². The molecule has 0 amide bonds. The van der Waals surface area contributed by atoms with Gasteiger partial charge < -0.3 is 39.7 Å². The van der Waals surface area contributed by atoms with Crippen LogP contribution in [-0.4, -0.2) is 79.8 Å². The molecule has 8 nitrogen and oxygen atoms in total. The highest BCUT2D eigenvalue weighted by molar-refractivity contribution is 5.06. The van der Waals surface area contributed by atoms with E-state index in [-0.39, 0.29) is 0 Å². The molecule has 0 bridgehead atoms. The lowest BCUT2D eigenvalue weighted by atomic mass is 9.92. The third-order valence-electron chi connectivity index (χ3n) is 4.87. The molecule has 0 unspecified atom stereocenters. The van der Waals surface area contributed by atoms with Crippen molar-refractivity contribution in [1.29, 1.82) is 0 Å². The molecule has 0 aliphatic carbocycles. The van der Waals surface area contributed by atoms with Crippen LogP contribution in [0.3, 0.4) is 0 Å². The summed E-state index contributed by atoms with van der Waals surface area (Å²) in [5, 5.41) is 49.7. The molecule has 0 saturated carbocycles. The highest BCUT2D eigenvalue weighted by atomic mass is 16.8. The van der Waals surface area contributed by atoms with E-state index in [4.69, 9.17) is 14.2 Å². The summed E-state index contributed by atoms with van der Waals surface area (Å²) in [7, 11) is 0. The molecule has 24 heavy (non-hydrogen) atoms. The van der Waals surface area contributed by atoms with Crippen LogP contribution >= 0.6 is 0 Å². The van der Waals surface area contributed by atoms with Crippen molar-refractivity contribution in [2.75, 3.05) is 6.61 Å². The summed E-state index contributed by atoms with van der Waals surface area (Å²) < 4.78 is 17.1. The van der Waals surface area contributed by atoms with E-state index in [2.05, 4.69) is 6.58 Å². The van der Waals surface area contributed by atoms with Crippen LogP contribution in [0.25, 0.3) is 0 Å². The molecule has 2 aliphatic heterocycles. The van der Waals surface area contributed by atoms with Gasteiger partial charge in [0.05, 0.1) is 12.2 Å². The Labute approximate surface area is 141 Å². The number of aliphatic hydroxyl groups is 5. The highest BCUT2D eigenvalue weighted by Crippen LogP contribution is 2.46. The van der Waals surface area contributed by atoms with Crippen LogP contribution in [0, 0.1) is 0 Å². The van der Waals surface area contributed by atoms with Crippen LogP contribution in [0.15, 0.2) is 12.7 Å². The number of hydrogen-bond acceptors (Lipinski definition) is 8. The Morgan fingerprint density at radius 1 is 1.21 bits per heavy atom. The molecule has 0 radical (unpaired) electrons. The fraction of sp³-hybridized carbons (Fsp3) is 0.875. The Hall–Kier alpha value is -0.580. The molecule has 8 heteroatoms. The Morgan fingerprint density at radius 2 is 1.83 bits per heavy atom. The van der Waals surface area contributed by atoms with Crippen molar-refractivity contribution in [2.24, 2.45) is 0 Å². The van der Waals surface area contributed by atoms with Crippen molar-refractivity contribution in [3.05, 3.63) is 12.7 Å². The van der Waals surface area contributed by atoms with Gasteiger partial charge in [0, 0.05) is 6.42 Å². The molecule has 0 aromatic heterocycles. The Bertz CT molecular complexity index is 461. The number of aliphatic hydroxyl groups excluding tert-OH is 4. The van der Waals surface area contributed by atoms with Gasteiger partial charge in [0.25, 0.3) is 0 Å². The molecular weight excluding hydrogens is 320 g/mol. The van der Waals surface area contributed by atoms with Crippen LogP contribution in [-0.2, 0) is 14.2 Å². The maximum absolute atomic E-state index is 10.6. The standard InChI is InChI=1S/C16H28O8/c1-5-15(4)6-7-16(24-15,14(2,3)21)23-13-12(20)11(19)10(18)9(8-17)22-13/h5,9-13,17-21H,1,6-8H2,2-4H3/t9-,10+,11+,12-,13+,15-,16-/m1/s1. The fourth-order valence-corrected chi connectivity index (χ4v) is 3.05. The van der Waals surface area contributed by atoms with Crippen molar-refractivity contribution >= 4 is 0 Å². The molecule has 140 valence electrons. The summed E-state index contributed by atoms with van der Waals surface area (Å²) in [4.78, 5) is 0. The molecule has 2 rings (SSSR count). The molecule has 2 fully saturated rings. The second-order valence-corrected chi connectivity index (χ2v) is 7.25. The van der Waals surface area contributed by atoms with Crippen molar-refractivity contribution in [1.82, 2.24) is 0 Å². The van der Waals surface area contributed by atoms with Gasteiger partial charge in [0.15, 0.2) is 6.29 Å². The Morgan fingerprint density at radius 3 is 2.29 bits per heavy atom. The van der Waals surface area contributed by atoms with Crippen LogP contribution < -0.4 is 0 Å². The quantitative estimate of drug-likeness (QED) is 0.401. The minimum Gasteiger partial charge on any atom is -0.394 e. The molecular formula is C16H28O8. The zero-order valence-electron chi connectivity index (χ0n) is 14.3.